The summed E-state index contributed by atoms with van der Waals surface area (Å²) < 4.78 is 10.1. The van der Waals surface area contributed by atoms with Crippen LogP contribution in [0.5, 0.6) is 5.75 Å². The maximum absolute atomic E-state index is 12.0. The quantitative estimate of drug-likeness (QED) is 0.797. The van der Waals surface area contributed by atoms with Gasteiger partial charge in [-0.2, -0.15) is 0 Å². The molecule has 1 aliphatic heterocycles. The molecule has 0 bridgehead atoms. The van der Waals surface area contributed by atoms with E-state index in [0.29, 0.717) is 17.2 Å². The minimum atomic E-state index is -0.490. The number of likely N-dealkylation sites (tertiary alicyclic amines) is 1. The lowest BCUT2D eigenvalue weighted by molar-refractivity contribution is -0.136. The predicted octanol–water partition coefficient (Wildman–Crippen LogP) is 2.11. The summed E-state index contributed by atoms with van der Waals surface area (Å²) in [4.78, 5) is 25.6. The molecule has 2 rings (SSSR count). The minimum absolute atomic E-state index is 0.122. The topological polar surface area (TPSA) is 55.8 Å². The van der Waals surface area contributed by atoms with Gasteiger partial charge in [0.25, 0.3) is 5.91 Å². The Kier molecular flexibility index (Phi) is 5.20. The largest absolute Gasteiger partial charge is 0.497 e. The fraction of sp³-hybridized carbons (Fsp3) is 0.500. The zero-order valence-corrected chi connectivity index (χ0v) is 12.5. The molecular weight excluding hydrogens is 270 g/mol. The molecule has 1 atom stereocenters. The number of hydrogen-bond donors (Lipinski definition) is 0. The summed E-state index contributed by atoms with van der Waals surface area (Å²) in [6.07, 6.45) is 2.16. The summed E-state index contributed by atoms with van der Waals surface area (Å²) in [6, 6.07) is 6.61. The van der Waals surface area contributed by atoms with E-state index >= 15 is 0 Å². The molecule has 0 saturated carbocycles. The zero-order valence-electron chi connectivity index (χ0n) is 12.5. The number of ether oxygens (including phenoxy) is 2. The molecule has 21 heavy (non-hydrogen) atoms. The standard InChI is InChI=1S/C16H21NO4/c1-12-4-3-9-17(10-12)15(18)11-21-16(19)13-5-7-14(20-2)8-6-13/h5-8,12H,3-4,9-11H2,1-2H3. The number of esters is 1. The van der Waals surface area contributed by atoms with Crippen LogP contribution in [0, 0.1) is 5.92 Å². The molecule has 1 unspecified atom stereocenters. The summed E-state index contributed by atoms with van der Waals surface area (Å²) in [5.74, 6) is 0.574. The van der Waals surface area contributed by atoms with Gasteiger partial charge in [-0.15, -0.1) is 0 Å². The lowest BCUT2D eigenvalue weighted by Gasteiger charge is -2.30. The predicted molar refractivity (Wildman–Crippen MR) is 78.3 cm³/mol. The fourth-order valence-electron chi connectivity index (χ4n) is 2.44. The number of carbonyl (C=O) groups is 2. The van der Waals surface area contributed by atoms with E-state index < -0.39 is 5.97 Å². The fourth-order valence-corrected chi connectivity index (χ4v) is 2.44. The Labute approximate surface area is 124 Å². The molecule has 1 amide bonds. The van der Waals surface area contributed by atoms with Crippen LogP contribution in [0.25, 0.3) is 0 Å². The third-order valence-electron chi connectivity index (χ3n) is 3.66. The van der Waals surface area contributed by atoms with Crippen molar-refractivity contribution in [3.8, 4) is 5.75 Å². The van der Waals surface area contributed by atoms with E-state index in [2.05, 4.69) is 6.92 Å². The van der Waals surface area contributed by atoms with Gasteiger partial charge in [0.2, 0.25) is 0 Å². The summed E-state index contributed by atoms with van der Waals surface area (Å²) in [5, 5.41) is 0. The van der Waals surface area contributed by atoms with E-state index in [-0.39, 0.29) is 12.5 Å². The lowest BCUT2D eigenvalue weighted by Crippen LogP contribution is -2.41. The van der Waals surface area contributed by atoms with E-state index in [1.54, 1.807) is 36.3 Å². The highest BCUT2D eigenvalue weighted by Crippen LogP contribution is 2.16. The Morgan fingerprint density at radius 2 is 2.00 bits per heavy atom. The average molecular weight is 291 g/mol. The summed E-state index contributed by atoms with van der Waals surface area (Å²) >= 11 is 0. The minimum Gasteiger partial charge on any atom is -0.497 e. The van der Waals surface area contributed by atoms with E-state index in [9.17, 15) is 9.59 Å². The van der Waals surface area contributed by atoms with E-state index in [1.165, 1.54) is 0 Å². The Bertz CT molecular complexity index is 498. The smallest absolute Gasteiger partial charge is 0.338 e. The SMILES string of the molecule is COc1ccc(C(=O)OCC(=O)N2CCCC(C)C2)cc1. The molecule has 0 aliphatic carbocycles. The maximum Gasteiger partial charge on any atom is 0.338 e. The van der Waals surface area contributed by atoms with Crippen LogP contribution < -0.4 is 4.74 Å². The molecule has 1 heterocycles. The van der Waals surface area contributed by atoms with Crippen LogP contribution in [0.15, 0.2) is 24.3 Å². The molecule has 1 aliphatic rings. The van der Waals surface area contributed by atoms with Crippen LogP contribution in [0.3, 0.4) is 0 Å². The third kappa shape index (κ3) is 4.21. The molecule has 1 aromatic carbocycles. The normalized spacial score (nSPS) is 18.2. The van der Waals surface area contributed by atoms with Crippen molar-refractivity contribution in [3.05, 3.63) is 29.8 Å². The van der Waals surface area contributed by atoms with Crippen molar-refractivity contribution in [1.29, 1.82) is 0 Å². The number of carbonyl (C=O) groups excluding carboxylic acids is 2. The maximum atomic E-state index is 12.0. The Morgan fingerprint density at radius 3 is 2.62 bits per heavy atom. The van der Waals surface area contributed by atoms with Gasteiger partial charge >= 0.3 is 5.97 Å². The molecule has 0 spiro atoms. The monoisotopic (exact) mass is 291 g/mol. The van der Waals surface area contributed by atoms with Crippen molar-refractivity contribution < 1.29 is 19.1 Å². The van der Waals surface area contributed by atoms with Crippen LogP contribution in [0.4, 0.5) is 0 Å². The van der Waals surface area contributed by atoms with Crippen LogP contribution in [-0.4, -0.2) is 43.6 Å². The van der Waals surface area contributed by atoms with Gasteiger partial charge in [-0.05, 0) is 43.0 Å². The highest BCUT2D eigenvalue weighted by Gasteiger charge is 2.22. The van der Waals surface area contributed by atoms with Crippen molar-refractivity contribution >= 4 is 11.9 Å². The molecular formula is C16H21NO4. The third-order valence-corrected chi connectivity index (χ3v) is 3.66. The number of benzene rings is 1. The molecule has 5 nitrogen and oxygen atoms in total. The second-order valence-electron chi connectivity index (χ2n) is 5.39. The van der Waals surface area contributed by atoms with Crippen LogP contribution in [0.1, 0.15) is 30.1 Å². The summed E-state index contributed by atoms with van der Waals surface area (Å²) in [6.45, 7) is 3.43. The van der Waals surface area contributed by atoms with Gasteiger partial charge in [0.15, 0.2) is 6.61 Å². The first-order chi connectivity index (χ1) is 10.1. The average Bonchev–Trinajstić information content (AvgIpc) is 2.52. The van der Waals surface area contributed by atoms with Crippen molar-refractivity contribution in [2.75, 3.05) is 26.8 Å². The molecule has 114 valence electrons. The second kappa shape index (κ2) is 7.11. The van der Waals surface area contributed by atoms with Gasteiger partial charge in [-0.1, -0.05) is 6.92 Å². The zero-order chi connectivity index (χ0) is 15.2. The summed E-state index contributed by atoms with van der Waals surface area (Å²) in [5.41, 5.74) is 0.413. The Balaban J connectivity index is 1.83. The summed E-state index contributed by atoms with van der Waals surface area (Å²) in [7, 11) is 1.56. The van der Waals surface area contributed by atoms with Crippen LogP contribution >= 0.6 is 0 Å². The first-order valence-corrected chi connectivity index (χ1v) is 7.19. The number of methoxy groups -OCH3 is 1. The van der Waals surface area contributed by atoms with Gasteiger partial charge in [0, 0.05) is 13.1 Å². The van der Waals surface area contributed by atoms with Gasteiger partial charge < -0.3 is 14.4 Å². The number of nitrogens with zero attached hydrogens (tertiary/aromatic N) is 1. The van der Waals surface area contributed by atoms with Gasteiger partial charge in [-0.25, -0.2) is 4.79 Å². The highest BCUT2D eigenvalue weighted by molar-refractivity contribution is 5.91. The van der Waals surface area contributed by atoms with Crippen molar-refractivity contribution in [3.63, 3.8) is 0 Å². The molecule has 0 radical (unpaired) electrons. The molecule has 0 aromatic heterocycles. The second-order valence-corrected chi connectivity index (χ2v) is 5.39. The first-order valence-electron chi connectivity index (χ1n) is 7.19. The van der Waals surface area contributed by atoms with Crippen molar-refractivity contribution in [1.82, 2.24) is 4.90 Å². The van der Waals surface area contributed by atoms with Gasteiger partial charge in [-0.3, -0.25) is 4.79 Å². The Hall–Kier alpha value is -2.04. The number of hydrogen-bond acceptors (Lipinski definition) is 4. The first kappa shape index (κ1) is 15.4. The van der Waals surface area contributed by atoms with E-state index in [4.69, 9.17) is 9.47 Å². The number of amides is 1. The lowest BCUT2D eigenvalue weighted by atomic mass is 10.0. The molecule has 1 aromatic rings. The van der Waals surface area contributed by atoms with Crippen molar-refractivity contribution in [2.45, 2.75) is 19.8 Å². The van der Waals surface area contributed by atoms with Crippen LogP contribution in [-0.2, 0) is 9.53 Å². The molecule has 1 saturated heterocycles. The van der Waals surface area contributed by atoms with E-state index in [1.807, 2.05) is 0 Å². The Morgan fingerprint density at radius 1 is 1.29 bits per heavy atom. The molecule has 5 heteroatoms. The number of piperidine rings is 1. The van der Waals surface area contributed by atoms with Gasteiger partial charge in [0.1, 0.15) is 5.75 Å². The van der Waals surface area contributed by atoms with Crippen molar-refractivity contribution in [2.24, 2.45) is 5.92 Å². The number of rotatable bonds is 4. The van der Waals surface area contributed by atoms with Crippen LogP contribution in [0.2, 0.25) is 0 Å². The molecule has 0 N–H and O–H groups in total. The molecule has 1 fully saturated rings. The van der Waals surface area contributed by atoms with E-state index in [0.717, 1.165) is 25.9 Å². The highest BCUT2D eigenvalue weighted by atomic mass is 16.5. The van der Waals surface area contributed by atoms with Gasteiger partial charge in [0.05, 0.1) is 12.7 Å².